The van der Waals surface area contributed by atoms with Crippen LogP contribution in [0.3, 0.4) is 0 Å². The van der Waals surface area contributed by atoms with E-state index in [2.05, 4.69) is 19.6 Å². The second-order valence-corrected chi connectivity index (χ2v) is 5.24. The minimum atomic E-state index is -0.877. The highest BCUT2D eigenvalue weighted by Gasteiger charge is 2.19. The fourth-order valence-electron chi connectivity index (χ4n) is 0.798. The predicted molar refractivity (Wildman–Crippen MR) is 52.7 cm³/mol. The molecule has 0 saturated carbocycles. The average Bonchev–Trinajstić information content (AvgIpc) is 2.31. The second kappa shape index (κ2) is 4.12. The van der Waals surface area contributed by atoms with Crippen LogP contribution in [-0.4, -0.2) is 9.96 Å². The summed E-state index contributed by atoms with van der Waals surface area (Å²) in [6.45, 7) is 5.85. The van der Waals surface area contributed by atoms with Crippen LogP contribution in [-0.2, 0) is 10.8 Å². The maximum atomic E-state index is 11.3. The van der Waals surface area contributed by atoms with Crippen LogP contribution in [0.2, 0.25) is 0 Å². The van der Waals surface area contributed by atoms with Gasteiger partial charge in [-0.3, -0.25) is 0 Å². The Morgan fingerprint density at radius 1 is 1.82 bits per heavy atom. The van der Waals surface area contributed by atoms with Gasteiger partial charge in [-0.2, -0.15) is 0 Å². The molecule has 1 aliphatic rings. The Morgan fingerprint density at radius 3 is 3.00 bits per heavy atom. The van der Waals surface area contributed by atoms with Gasteiger partial charge in [-0.15, -0.1) is 11.8 Å². The number of unbranched alkanes of at least 4 members (excludes halogenated alkanes) is 1. The standard InChI is InChI=1S/C8H12OS2/c1-3-4-5-8-10-6-7(2)11(8)9/h5H,2-4,6H2,1H3/b8-5-. The van der Waals surface area contributed by atoms with Crippen LogP contribution >= 0.6 is 11.8 Å². The van der Waals surface area contributed by atoms with Crippen LogP contribution in [0.15, 0.2) is 21.8 Å². The Labute approximate surface area is 74.4 Å². The van der Waals surface area contributed by atoms with Gasteiger partial charge in [0.05, 0.1) is 15.0 Å². The topological polar surface area (TPSA) is 17.1 Å². The lowest BCUT2D eigenvalue weighted by atomic mass is 10.3. The van der Waals surface area contributed by atoms with E-state index in [9.17, 15) is 4.21 Å². The monoisotopic (exact) mass is 188 g/mol. The zero-order valence-electron chi connectivity index (χ0n) is 6.63. The molecule has 0 aliphatic carbocycles. The second-order valence-electron chi connectivity index (χ2n) is 2.41. The normalized spacial score (nSPS) is 28.3. The number of thioether (sulfide) groups is 1. The van der Waals surface area contributed by atoms with Crippen molar-refractivity contribution in [2.24, 2.45) is 0 Å². The molecule has 0 N–H and O–H groups in total. The first kappa shape index (κ1) is 9.07. The van der Waals surface area contributed by atoms with Gasteiger partial charge in [-0.1, -0.05) is 26.0 Å². The van der Waals surface area contributed by atoms with Gasteiger partial charge in [-0.05, 0) is 6.42 Å². The summed E-state index contributed by atoms with van der Waals surface area (Å²) in [5.41, 5.74) is 0. The van der Waals surface area contributed by atoms with Crippen molar-refractivity contribution in [3.63, 3.8) is 0 Å². The van der Waals surface area contributed by atoms with Crippen molar-refractivity contribution < 1.29 is 4.21 Å². The van der Waals surface area contributed by atoms with E-state index in [1.165, 1.54) is 0 Å². The molecule has 1 fully saturated rings. The SMILES string of the molecule is C=C1CS/C(=C/CCC)S1=O. The van der Waals surface area contributed by atoms with Crippen molar-refractivity contribution in [2.75, 3.05) is 5.75 Å². The molecule has 1 unspecified atom stereocenters. The highest BCUT2D eigenvalue weighted by molar-refractivity contribution is 8.21. The Balaban J connectivity index is 2.61. The molecule has 1 saturated heterocycles. The molecule has 11 heavy (non-hydrogen) atoms. The Bertz CT molecular complexity index is 218. The molecule has 0 radical (unpaired) electrons. The van der Waals surface area contributed by atoms with Crippen molar-refractivity contribution in [3.8, 4) is 0 Å². The van der Waals surface area contributed by atoms with Crippen LogP contribution in [0.25, 0.3) is 0 Å². The molecule has 0 aromatic carbocycles. The molecule has 3 heteroatoms. The molecule has 0 spiro atoms. The largest absolute Gasteiger partial charge is 0.249 e. The first-order chi connectivity index (χ1) is 5.25. The Morgan fingerprint density at radius 2 is 2.55 bits per heavy atom. The van der Waals surface area contributed by atoms with Gasteiger partial charge in [0.15, 0.2) is 0 Å². The molecular formula is C8H12OS2. The quantitative estimate of drug-likeness (QED) is 0.662. The first-order valence-electron chi connectivity index (χ1n) is 3.68. The van der Waals surface area contributed by atoms with Crippen LogP contribution < -0.4 is 0 Å². The summed E-state index contributed by atoms with van der Waals surface area (Å²) in [7, 11) is -0.877. The first-order valence-corrected chi connectivity index (χ1v) is 5.81. The number of rotatable bonds is 2. The molecule has 1 aliphatic heterocycles. The summed E-state index contributed by atoms with van der Waals surface area (Å²) in [6.07, 6.45) is 4.22. The van der Waals surface area contributed by atoms with E-state index in [-0.39, 0.29) is 0 Å². The van der Waals surface area contributed by atoms with Crippen molar-refractivity contribution in [3.05, 3.63) is 21.8 Å². The molecule has 0 amide bonds. The molecule has 0 bridgehead atoms. The van der Waals surface area contributed by atoms with Crippen molar-refractivity contribution in [2.45, 2.75) is 19.8 Å². The number of hydrogen-bond acceptors (Lipinski definition) is 2. The van der Waals surface area contributed by atoms with E-state index in [0.717, 1.165) is 27.7 Å². The van der Waals surface area contributed by atoms with E-state index >= 15 is 0 Å². The van der Waals surface area contributed by atoms with Gasteiger partial charge in [0.1, 0.15) is 0 Å². The van der Waals surface area contributed by atoms with Gasteiger partial charge in [0.2, 0.25) is 0 Å². The zero-order chi connectivity index (χ0) is 8.27. The number of hydrogen-bond donors (Lipinski definition) is 0. The lowest BCUT2D eigenvalue weighted by Gasteiger charge is -1.91. The molecule has 0 aromatic heterocycles. The third kappa shape index (κ3) is 2.20. The molecule has 0 aromatic rings. The zero-order valence-corrected chi connectivity index (χ0v) is 8.26. The lowest BCUT2D eigenvalue weighted by Crippen LogP contribution is -1.84. The highest BCUT2D eigenvalue weighted by Crippen LogP contribution is 2.34. The van der Waals surface area contributed by atoms with E-state index in [1.54, 1.807) is 11.8 Å². The van der Waals surface area contributed by atoms with Gasteiger partial charge >= 0.3 is 0 Å². The third-order valence-corrected chi connectivity index (χ3v) is 4.56. The maximum Gasteiger partial charge on any atom is 0.0872 e. The van der Waals surface area contributed by atoms with Crippen molar-refractivity contribution >= 4 is 22.6 Å². The van der Waals surface area contributed by atoms with Gasteiger partial charge in [0.25, 0.3) is 0 Å². The molecule has 1 rings (SSSR count). The summed E-state index contributed by atoms with van der Waals surface area (Å²) in [4.78, 5) is 0.859. The van der Waals surface area contributed by atoms with E-state index in [4.69, 9.17) is 0 Å². The fourth-order valence-corrected chi connectivity index (χ4v) is 3.45. The third-order valence-electron chi connectivity index (χ3n) is 1.42. The Kier molecular flexibility index (Phi) is 3.40. The smallest absolute Gasteiger partial charge is 0.0872 e. The van der Waals surface area contributed by atoms with Gasteiger partial charge < -0.3 is 0 Å². The Hall–Kier alpha value is -0.0200. The highest BCUT2D eigenvalue weighted by atomic mass is 32.2. The van der Waals surface area contributed by atoms with Crippen LogP contribution in [0, 0.1) is 0 Å². The lowest BCUT2D eigenvalue weighted by molar-refractivity contribution is 0.692. The minimum absolute atomic E-state index is 0.835. The summed E-state index contributed by atoms with van der Waals surface area (Å²) in [6, 6.07) is 0. The van der Waals surface area contributed by atoms with Crippen molar-refractivity contribution in [1.82, 2.24) is 0 Å². The van der Waals surface area contributed by atoms with Crippen LogP contribution in [0.5, 0.6) is 0 Å². The van der Waals surface area contributed by atoms with Gasteiger partial charge in [0, 0.05) is 10.7 Å². The molecule has 1 heterocycles. The molecule has 62 valence electrons. The van der Waals surface area contributed by atoms with Crippen molar-refractivity contribution in [1.29, 1.82) is 0 Å². The van der Waals surface area contributed by atoms with Gasteiger partial charge in [-0.25, -0.2) is 4.21 Å². The van der Waals surface area contributed by atoms with E-state index in [1.807, 2.05) is 0 Å². The summed E-state index contributed by atoms with van der Waals surface area (Å²) in [5, 5.41) is 0. The summed E-state index contributed by atoms with van der Waals surface area (Å²) < 4.78 is 12.3. The molecular weight excluding hydrogens is 176 g/mol. The maximum absolute atomic E-state index is 11.3. The van der Waals surface area contributed by atoms with E-state index < -0.39 is 10.8 Å². The predicted octanol–water partition coefficient (Wildman–Crippen LogP) is 2.64. The van der Waals surface area contributed by atoms with E-state index in [0.29, 0.717) is 0 Å². The van der Waals surface area contributed by atoms with Crippen LogP contribution in [0.4, 0.5) is 0 Å². The summed E-state index contributed by atoms with van der Waals surface area (Å²) in [5.74, 6) is 0.835. The molecule has 1 atom stereocenters. The minimum Gasteiger partial charge on any atom is -0.249 e. The average molecular weight is 188 g/mol. The fraction of sp³-hybridized carbons (Fsp3) is 0.500. The van der Waals surface area contributed by atoms with Crippen LogP contribution in [0.1, 0.15) is 19.8 Å². The number of allylic oxidation sites excluding steroid dienone is 1. The summed E-state index contributed by atoms with van der Waals surface area (Å²) >= 11 is 1.66. The molecule has 1 nitrogen and oxygen atoms in total.